The molecular formula is C26H22ClFN6O2. The van der Waals surface area contributed by atoms with Gasteiger partial charge < -0.3 is 15.2 Å². The number of amides is 1. The number of rotatable bonds is 8. The zero-order valence-corrected chi connectivity index (χ0v) is 20.3. The fourth-order valence-corrected chi connectivity index (χ4v) is 3.82. The molecule has 36 heavy (non-hydrogen) atoms. The Morgan fingerprint density at radius 2 is 1.97 bits per heavy atom. The number of nitrogens with one attached hydrogen (secondary N) is 2. The summed E-state index contributed by atoms with van der Waals surface area (Å²) in [6, 6.07) is 15.3. The lowest BCUT2D eigenvalue weighted by atomic mass is 9.97. The van der Waals surface area contributed by atoms with E-state index in [9.17, 15) is 9.18 Å². The summed E-state index contributed by atoms with van der Waals surface area (Å²) in [5.74, 6) is 0.515. The van der Waals surface area contributed by atoms with E-state index >= 15 is 0 Å². The Hall–Kier alpha value is -4.29. The van der Waals surface area contributed by atoms with Gasteiger partial charge in [-0.3, -0.25) is 4.79 Å². The highest BCUT2D eigenvalue weighted by molar-refractivity contribution is 6.34. The molecule has 1 amide bonds. The molecule has 0 saturated carbocycles. The van der Waals surface area contributed by atoms with Gasteiger partial charge in [-0.1, -0.05) is 41.0 Å². The van der Waals surface area contributed by atoms with Crippen LogP contribution in [0.15, 0.2) is 59.3 Å². The standard InChI is InChI=1S/C26H22ClFN6O2/c1-15(31-25-24(22(27)11-13-30-25)33-23(35)4-3-12-29)17-5-7-18(8-6-17)21-14-19(28)9-10-20(21)26-32-16(2)34-36-26/h5-11,13-15H,3-4H2,1-2H3,(H,30,31)(H,33,35). The molecule has 10 heteroatoms. The van der Waals surface area contributed by atoms with Crippen LogP contribution in [-0.4, -0.2) is 21.0 Å². The summed E-state index contributed by atoms with van der Waals surface area (Å²) in [5.41, 5.74) is 3.32. The van der Waals surface area contributed by atoms with E-state index < -0.39 is 0 Å². The first-order valence-corrected chi connectivity index (χ1v) is 11.5. The number of benzene rings is 2. The minimum atomic E-state index is -0.375. The van der Waals surface area contributed by atoms with Crippen molar-refractivity contribution < 1.29 is 13.7 Å². The third-order valence-corrected chi connectivity index (χ3v) is 5.76. The molecule has 2 aromatic carbocycles. The van der Waals surface area contributed by atoms with Gasteiger partial charge in [0, 0.05) is 24.6 Å². The van der Waals surface area contributed by atoms with E-state index in [4.69, 9.17) is 21.4 Å². The molecule has 2 aromatic heterocycles. The Bertz CT molecular complexity index is 1430. The summed E-state index contributed by atoms with van der Waals surface area (Å²) in [4.78, 5) is 20.7. The van der Waals surface area contributed by atoms with Crippen LogP contribution in [-0.2, 0) is 4.79 Å². The van der Waals surface area contributed by atoms with Crippen molar-refractivity contribution in [3.8, 4) is 28.7 Å². The predicted molar refractivity (Wildman–Crippen MR) is 135 cm³/mol. The van der Waals surface area contributed by atoms with Gasteiger partial charge in [0.05, 0.1) is 17.1 Å². The number of anilines is 2. The van der Waals surface area contributed by atoms with Gasteiger partial charge in [0.15, 0.2) is 11.6 Å². The minimum absolute atomic E-state index is 0.0589. The summed E-state index contributed by atoms with van der Waals surface area (Å²) in [6.45, 7) is 3.66. The quantitative estimate of drug-likeness (QED) is 0.288. The van der Waals surface area contributed by atoms with Crippen LogP contribution in [0.2, 0.25) is 5.02 Å². The van der Waals surface area contributed by atoms with Gasteiger partial charge in [0.25, 0.3) is 5.89 Å². The first-order valence-electron chi connectivity index (χ1n) is 11.1. The van der Waals surface area contributed by atoms with Crippen LogP contribution in [0.3, 0.4) is 0 Å². The Labute approximate surface area is 212 Å². The predicted octanol–water partition coefficient (Wildman–Crippen LogP) is 6.31. The molecule has 0 radical (unpaired) electrons. The van der Waals surface area contributed by atoms with E-state index in [2.05, 4.69) is 25.8 Å². The second-order valence-corrected chi connectivity index (χ2v) is 8.45. The van der Waals surface area contributed by atoms with E-state index in [-0.39, 0.29) is 30.6 Å². The largest absolute Gasteiger partial charge is 0.362 e. The fourth-order valence-electron chi connectivity index (χ4n) is 3.63. The fraction of sp³-hybridized carbons (Fsp3) is 0.192. The molecule has 8 nitrogen and oxygen atoms in total. The number of hydrogen-bond donors (Lipinski definition) is 2. The molecule has 0 aliphatic carbocycles. The molecule has 4 rings (SSSR count). The van der Waals surface area contributed by atoms with E-state index in [1.54, 1.807) is 19.1 Å². The van der Waals surface area contributed by atoms with Gasteiger partial charge in [0.2, 0.25) is 5.91 Å². The Kier molecular flexibility index (Phi) is 7.56. The molecule has 0 spiro atoms. The Balaban J connectivity index is 1.56. The lowest BCUT2D eigenvalue weighted by Gasteiger charge is -2.19. The van der Waals surface area contributed by atoms with Crippen molar-refractivity contribution in [3.63, 3.8) is 0 Å². The molecule has 2 heterocycles. The van der Waals surface area contributed by atoms with Crippen molar-refractivity contribution in [1.82, 2.24) is 15.1 Å². The van der Waals surface area contributed by atoms with Crippen molar-refractivity contribution in [3.05, 3.63) is 77.0 Å². The molecule has 0 fully saturated rings. The molecular weight excluding hydrogens is 483 g/mol. The van der Waals surface area contributed by atoms with E-state index in [0.29, 0.717) is 39.4 Å². The highest BCUT2D eigenvalue weighted by atomic mass is 35.5. The van der Waals surface area contributed by atoms with Crippen LogP contribution in [0.1, 0.15) is 37.2 Å². The maximum atomic E-state index is 14.1. The lowest BCUT2D eigenvalue weighted by Crippen LogP contribution is -2.15. The average Bonchev–Trinajstić information content (AvgIpc) is 3.30. The van der Waals surface area contributed by atoms with Crippen molar-refractivity contribution in [2.75, 3.05) is 10.6 Å². The van der Waals surface area contributed by atoms with Gasteiger partial charge in [-0.05, 0) is 54.8 Å². The third-order valence-electron chi connectivity index (χ3n) is 5.44. The van der Waals surface area contributed by atoms with Crippen LogP contribution in [0.25, 0.3) is 22.6 Å². The Morgan fingerprint density at radius 1 is 1.19 bits per heavy atom. The van der Waals surface area contributed by atoms with Crippen molar-refractivity contribution in [2.24, 2.45) is 0 Å². The molecule has 182 valence electrons. The SMILES string of the molecule is Cc1noc(-c2ccc(F)cc2-c2ccc(C(C)Nc3nccc(Cl)c3NC(=O)CCC#N)cc2)n1. The van der Waals surface area contributed by atoms with Gasteiger partial charge in [-0.2, -0.15) is 10.2 Å². The monoisotopic (exact) mass is 504 g/mol. The number of pyridine rings is 1. The number of carbonyl (C=O) groups is 1. The van der Waals surface area contributed by atoms with Gasteiger partial charge >= 0.3 is 0 Å². The smallest absolute Gasteiger partial charge is 0.258 e. The molecule has 1 atom stereocenters. The van der Waals surface area contributed by atoms with Crippen molar-refractivity contribution in [1.29, 1.82) is 5.26 Å². The number of aromatic nitrogens is 3. The number of carbonyl (C=O) groups excluding carboxylic acids is 1. The maximum absolute atomic E-state index is 14.1. The second kappa shape index (κ2) is 11.0. The van der Waals surface area contributed by atoms with Crippen molar-refractivity contribution in [2.45, 2.75) is 32.7 Å². The van der Waals surface area contributed by atoms with Crippen molar-refractivity contribution >= 4 is 29.0 Å². The normalized spacial score (nSPS) is 11.5. The first-order chi connectivity index (χ1) is 17.4. The van der Waals surface area contributed by atoms with Gasteiger partial charge in [0.1, 0.15) is 11.5 Å². The summed E-state index contributed by atoms with van der Waals surface area (Å²) in [5, 5.41) is 18.9. The number of aryl methyl sites for hydroxylation is 1. The summed E-state index contributed by atoms with van der Waals surface area (Å²) >= 11 is 6.30. The highest BCUT2D eigenvalue weighted by Gasteiger charge is 2.17. The van der Waals surface area contributed by atoms with E-state index in [1.807, 2.05) is 37.3 Å². The Morgan fingerprint density at radius 3 is 2.67 bits per heavy atom. The van der Waals surface area contributed by atoms with Gasteiger partial charge in [-0.15, -0.1) is 0 Å². The molecule has 0 aliphatic heterocycles. The van der Waals surface area contributed by atoms with Crippen LogP contribution >= 0.6 is 11.6 Å². The van der Waals surface area contributed by atoms with Crippen LogP contribution in [0.5, 0.6) is 0 Å². The molecule has 4 aromatic rings. The van der Waals surface area contributed by atoms with Crippen LogP contribution < -0.4 is 10.6 Å². The summed E-state index contributed by atoms with van der Waals surface area (Å²) < 4.78 is 19.4. The van der Waals surface area contributed by atoms with Gasteiger partial charge in [-0.25, -0.2) is 9.37 Å². The summed E-state index contributed by atoms with van der Waals surface area (Å²) in [6.07, 6.45) is 1.70. The van der Waals surface area contributed by atoms with Crippen LogP contribution in [0.4, 0.5) is 15.9 Å². The number of hydrogen-bond acceptors (Lipinski definition) is 7. The number of nitriles is 1. The molecule has 0 bridgehead atoms. The topological polar surface area (TPSA) is 117 Å². The third kappa shape index (κ3) is 5.67. The van der Waals surface area contributed by atoms with E-state index in [0.717, 1.165) is 11.1 Å². The molecule has 0 saturated heterocycles. The first kappa shape index (κ1) is 24.8. The minimum Gasteiger partial charge on any atom is -0.362 e. The number of nitrogens with zero attached hydrogens (tertiary/aromatic N) is 4. The lowest BCUT2D eigenvalue weighted by molar-refractivity contribution is -0.116. The molecule has 2 N–H and O–H groups in total. The summed E-state index contributed by atoms with van der Waals surface area (Å²) in [7, 11) is 0. The van der Waals surface area contributed by atoms with Crippen LogP contribution in [0, 0.1) is 24.1 Å². The highest BCUT2D eigenvalue weighted by Crippen LogP contribution is 2.34. The molecule has 0 aliphatic rings. The van der Waals surface area contributed by atoms with E-state index in [1.165, 1.54) is 18.3 Å². The number of halogens is 2. The second-order valence-electron chi connectivity index (χ2n) is 8.05. The molecule has 1 unspecified atom stereocenters. The average molecular weight is 505 g/mol. The zero-order valence-electron chi connectivity index (χ0n) is 19.5. The maximum Gasteiger partial charge on any atom is 0.258 e. The zero-order chi connectivity index (χ0) is 25.7.